The van der Waals surface area contributed by atoms with Gasteiger partial charge in [0.25, 0.3) is 0 Å². The lowest BCUT2D eigenvalue weighted by Gasteiger charge is -2.32. The molecule has 46 heavy (non-hydrogen) atoms. The summed E-state index contributed by atoms with van der Waals surface area (Å²) in [5.74, 6) is 3.42. The van der Waals surface area contributed by atoms with Crippen LogP contribution in [0.25, 0.3) is 22.0 Å². The number of likely N-dealkylation sites (tertiary alicyclic amines) is 2. The van der Waals surface area contributed by atoms with Gasteiger partial charge in [-0.1, -0.05) is 12.1 Å². The van der Waals surface area contributed by atoms with Crippen molar-refractivity contribution in [3.05, 3.63) is 72.3 Å². The second kappa shape index (κ2) is 17.8. The van der Waals surface area contributed by atoms with E-state index in [1.807, 2.05) is 30.3 Å². The second-order valence-electron chi connectivity index (χ2n) is 11.8. The van der Waals surface area contributed by atoms with Crippen LogP contribution in [0.5, 0.6) is 17.2 Å². The monoisotopic (exact) mass is 689 g/mol. The highest BCUT2D eigenvalue weighted by Crippen LogP contribution is 2.34. The minimum atomic E-state index is 0. The normalized spacial score (nSPS) is 17.5. The molecule has 11 heteroatoms. The van der Waals surface area contributed by atoms with Crippen LogP contribution in [-0.4, -0.2) is 79.6 Å². The maximum atomic E-state index is 6.31. The van der Waals surface area contributed by atoms with Gasteiger partial charge in [0.05, 0.1) is 20.3 Å². The SMILES string of the molecule is COc1ccc(-c2nnc(NC3CCN(Cc4ccc(OC5CCCN(C)CC5)cc4)CC3)c3cc(OC)ccc23)cc1.Cl.Cl.Cl. The largest absolute Gasteiger partial charge is 0.497 e. The van der Waals surface area contributed by atoms with Crippen molar-refractivity contribution in [1.82, 2.24) is 20.0 Å². The maximum absolute atomic E-state index is 6.31. The first-order chi connectivity index (χ1) is 21.1. The average molecular weight is 691 g/mol. The Morgan fingerprint density at radius 1 is 0.717 bits per heavy atom. The molecule has 1 aromatic heterocycles. The number of hydrogen-bond donors (Lipinski definition) is 1. The molecule has 6 rings (SSSR count). The van der Waals surface area contributed by atoms with Gasteiger partial charge in [0.15, 0.2) is 5.82 Å². The van der Waals surface area contributed by atoms with Crippen molar-refractivity contribution >= 4 is 53.8 Å². The molecular weight excluding hydrogens is 645 g/mol. The Labute approximate surface area is 291 Å². The van der Waals surface area contributed by atoms with Gasteiger partial charge in [0, 0.05) is 48.6 Å². The molecule has 2 aliphatic heterocycles. The number of piperidine rings is 1. The van der Waals surface area contributed by atoms with E-state index < -0.39 is 0 Å². The zero-order valence-corrected chi connectivity index (χ0v) is 29.3. The Kier molecular flexibility index (Phi) is 14.5. The predicted molar refractivity (Wildman–Crippen MR) is 194 cm³/mol. The molecule has 0 amide bonds. The van der Waals surface area contributed by atoms with Gasteiger partial charge >= 0.3 is 0 Å². The molecule has 3 heterocycles. The van der Waals surface area contributed by atoms with Crippen LogP contribution in [0.3, 0.4) is 0 Å². The van der Waals surface area contributed by atoms with E-state index in [0.717, 1.165) is 97.0 Å². The van der Waals surface area contributed by atoms with Crippen molar-refractivity contribution in [2.75, 3.05) is 52.8 Å². The summed E-state index contributed by atoms with van der Waals surface area (Å²) >= 11 is 0. The minimum Gasteiger partial charge on any atom is -0.497 e. The number of hydrogen-bond acceptors (Lipinski definition) is 8. The first-order valence-electron chi connectivity index (χ1n) is 15.5. The highest BCUT2D eigenvalue weighted by Gasteiger charge is 2.22. The summed E-state index contributed by atoms with van der Waals surface area (Å²) < 4.78 is 17.2. The van der Waals surface area contributed by atoms with E-state index >= 15 is 0 Å². The van der Waals surface area contributed by atoms with E-state index in [-0.39, 0.29) is 37.2 Å². The van der Waals surface area contributed by atoms with Crippen LogP contribution >= 0.6 is 37.2 Å². The van der Waals surface area contributed by atoms with Gasteiger partial charge in [0.1, 0.15) is 22.9 Å². The second-order valence-corrected chi connectivity index (χ2v) is 11.8. The fraction of sp³-hybridized carbons (Fsp3) is 0.429. The molecule has 0 aliphatic carbocycles. The summed E-state index contributed by atoms with van der Waals surface area (Å²) in [7, 11) is 5.57. The summed E-state index contributed by atoms with van der Waals surface area (Å²) in [6.07, 6.45) is 5.86. The van der Waals surface area contributed by atoms with Crippen LogP contribution in [0.2, 0.25) is 0 Å². The van der Waals surface area contributed by atoms with Gasteiger partial charge in [0.2, 0.25) is 0 Å². The molecule has 3 aromatic carbocycles. The van der Waals surface area contributed by atoms with Gasteiger partial charge in [-0.25, -0.2) is 0 Å². The van der Waals surface area contributed by atoms with E-state index in [4.69, 9.17) is 14.2 Å². The number of anilines is 1. The topological polar surface area (TPSA) is 72.0 Å². The quantitative estimate of drug-likeness (QED) is 0.194. The maximum Gasteiger partial charge on any atom is 0.156 e. The smallest absolute Gasteiger partial charge is 0.156 e. The summed E-state index contributed by atoms with van der Waals surface area (Å²) in [6, 6.07) is 23.1. The van der Waals surface area contributed by atoms with E-state index in [0.29, 0.717) is 12.1 Å². The van der Waals surface area contributed by atoms with Gasteiger partial charge in [-0.2, -0.15) is 0 Å². The number of aromatic nitrogens is 2. The van der Waals surface area contributed by atoms with E-state index in [2.05, 4.69) is 68.8 Å². The van der Waals surface area contributed by atoms with Crippen molar-refractivity contribution in [3.8, 4) is 28.5 Å². The highest BCUT2D eigenvalue weighted by atomic mass is 35.5. The molecule has 1 atom stereocenters. The lowest BCUT2D eigenvalue weighted by Crippen LogP contribution is -2.38. The summed E-state index contributed by atoms with van der Waals surface area (Å²) in [4.78, 5) is 4.94. The lowest BCUT2D eigenvalue weighted by molar-refractivity contribution is 0.183. The van der Waals surface area contributed by atoms with Gasteiger partial charge < -0.3 is 24.4 Å². The molecule has 1 unspecified atom stereocenters. The van der Waals surface area contributed by atoms with Crippen molar-refractivity contribution in [3.63, 3.8) is 0 Å². The molecule has 2 aliphatic rings. The minimum absolute atomic E-state index is 0. The lowest BCUT2D eigenvalue weighted by atomic mass is 10.0. The number of nitrogens with zero attached hydrogens (tertiary/aromatic N) is 4. The number of rotatable bonds is 9. The molecule has 8 nitrogen and oxygen atoms in total. The van der Waals surface area contributed by atoms with E-state index in [1.54, 1.807) is 14.2 Å². The van der Waals surface area contributed by atoms with Crippen LogP contribution in [0.15, 0.2) is 66.7 Å². The van der Waals surface area contributed by atoms with Gasteiger partial charge in [-0.15, -0.1) is 47.4 Å². The molecule has 1 N–H and O–H groups in total. The Bertz CT molecular complexity index is 1500. The molecule has 0 spiro atoms. The Balaban J connectivity index is 0.00000192. The fourth-order valence-corrected chi connectivity index (χ4v) is 6.21. The molecule has 4 aromatic rings. The number of fused-ring (bicyclic) bond motifs is 1. The molecular formula is C35H46Cl3N5O3. The van der Waals surface area contributed by atoms with Crippen molar-refractivity contribution in [1.29, 1.82) is 0 Å². The number of ether oxygens (including phenoxy) is 3. The van der Waals surface area contributed by atoms with Crippen molar-refractivity contribution in [2.45, 2.75) is 50.8 Å². The van der Waals surface area contributed by atoms with Crippen LogP contribution in [0, 0.1) is 0 Å². The number of benzene rings is 3. The van der Waals surface area contributed by atoms with E-state index in [9.17, 15) is 0 Å². The molecule has 2 saturated heterocycles. The highest BCUT2D eigenvalue weighted by molar-refractivity contribution is 6.00. The molecule has 0 saturated carbocycles. The zero-order chi connectivity index (χ0) is 29.6. The molecule has 250 valence electrons. The summed E-state index contributed by atoms with van der Waals surface area (Å²) in [5, 5.41) is 15.1. The van der Waals surface area contributed by atoms with Gasteiger partial charge in [-0.05, 0) is 106 Å². The molecule has 0 radical (unpaired) electrons. The average Bonchev–Trinajstić information content (AvgIpc) is 3.26. The van der Waals surface area contributed by atoms with Crippen LogP contribution < -0.4 is 19.5 Å². The third kappa shape index (κ3) is 9.29. The Morgan fingerprint density at radius 2 is 1.39 bits per heavy atom. The molecule has 0 bridgehead atoms. The predicted octanol–water partition coefficient (Wildman–Crippen LogP) is 7.52. The third-order valence-corrected chi connectivity index (χ3v) is 8.81. The summed E-state index contributed by atoms with van der Waals surface area (Å²) in [5.41, 5.74) is 3.18. The first kappa shape index (κ1) is 37.4. The van der Waals surface area contributed by atoms with Crippen molar-refractivity contribution < 1.29 is 14.2 Å². The number of nitrogens with one attached hydrogen (secondary N) is 1. The number of methoxy groups -OCH3 is 2. The fourth-order valence-electron chi connectivity index (χ4n) is 6.21. The van der Waals surface area contributed by atoms with Crippen LogP contribution in [-0.2, 0) is 6.54 Å². The van der Waals surface area contributed by atoms with E-state index in [1.165, 1.54) is 18.5 Å². The zero-order valence-electron chi connectivity index (χ0n) is 26.8. The Hall–Kier alpha value is -3.01. The number of halogens is 3. The molecule has 2 fully saturated rings. The van der Waals surface area contributed by atoms with Crippen LogP contribution in [0.1, 0.15) is 37.7 Å². The van der Waals surface area contributed by atoms with Crippen molar-refractivity contribution in [2.24, 2.45) is 0 Å². The standard InChI is InChI=1S/C35H43N5O3.3ClH/c1-39-19-4-5-29(18-20-39)43-30-10-6-25(7-11-30)24-40-21-16-27(17-22-40)36-35-33-23-31(42-3)14-15-32(33)34(37-38-35)26-8-12-28(41-2)13-9-26;;;/h6-15,23,27,29H,4-5,16-22,24H2,1-3H3,(H,36,38);3*1H. The third-order valence-electron chi connectivity index (χ3n) is 8.81. The van der Waals surface area contributed by atoms with Crippen LogP contribution in [0.4, 0.5) is 5.82 Å². The van der Waals surface area contributed by atoms with Gasteiger partial charge in [-0.3, -0.25) is 4.90 Å². The first-order valence-corrected chi connectivity index (χ1v) is 15.5. The summed E-state index contributed by atoms with van der Waals surface area (Å²) in [6.45, 7) is 5.30. The Morgan fingerprint density at radius 3 is 2.09 bits per heavy atom.